The number of hydrogen-bond donors (Lipinski definition) is 2. The molecule has 2 aromatic carbocycles. The molecule has 0 saturated carbocycles. The molecule has 0 aromatic heterocycles. The molecule has 0 bridgehead atoms. The molecule has 2 rings (SSSR count). The highest BCUT2D eigenvalue weighted by Gasteiger charge is 2.15. The third-order valence-corrected chi connectivity index (χ3v) is 3.98. The molecule has 0 radical (unpaired) electrons. The number of aliphatic hydroxyl groups is 1. The lowest BCUT2D eigenvalue weighted by atomic mass is 10.0. The highest BCUT2D eigenvalue weighted by atomic mass is 16.5. The summed E-state index contributed by atoms with van der Waals surface area (Å²) >= 11 is 0. The Labute approximate surface area is 169 Å². The zero-order chi connectivity index (χ0) is 21.2. The standard InChI is InChI=1S/C23H22O6/c1-28-18-7-3-5-16(13-18)9-11-21(24)20(15-23(26)27)22(25)12-10-17-6-4-8-19(14-17)29-2/h3-14,24H,15H2,1-2H3,(H,26,27)/b11-9+,12-10+,21-20+. The van der Waals surface area contributed by atoms with E-state index < -0.39 is 23.9 Å². The van der Waals surface area contributed by atoms with Crippen LogP contribution in [-0.2, 0) is 9.59 Å². The quantitative estimate of drug-likeness (QED) is 0.374. The molecular formula is C23H22O6. The number of methoxy groups -OCH3 is 2. The molecule has 29 heavy (non-hydrogen) atoms. The van der Waals surface area contributed by atoms with Crippen LogP contribution in [0.4, 0.5) is 0 Å². The smallest absolute Gasteiger partial charge is 0.308 e. The molecule has 2 aromatic rings. The van der Waals surface area contributed by atoms with Gasteiger partial charge in [-0.3, -0.25) is 9.59 Å². The second-order valence-corrected chi connectivity index (χ2v) is 6.02. The lowest BCUT2D eigenvalue weighted by Crippen LogP contribution is -2.08. The van der Waals surface area contributed by atoms with Crippen molar-refractivity contribution in [2.45, 2.75) is 6.42 Å². The lowest BCUT2D eigenvalue weighted by Gasteiger charge is -2.04. The molecule has 0 aliphatic heterocycles. The second-order valence-electron chi connectivity index (χ2n) is 6.02. The van der Waals surface area contributed by atoms with Crippen LogP contribution in [-0.4, -0.2) is 36.2 Å². The van der Waals surface area contributed by atoms with E-state index in [9.17, 15) is 14.7 Å². The van der Waals surface area contributed by atoms with Crippen LogP contribution in [0.3, 0.4) is 0 Å². The van der Waals surface area contributed by atoms with Crippen molar-refractivity contribution < 1.29 is 29.3 Å². The number of aliphatic hydroxyl groups excluding tert-OH is 1. The fourth-order valence-electron chi connectivity index (χ4n) is 2.49. The van der Waals surface area contributed by atoms with Crippen LogP contribution in [0, 0.1) is 0 Å². The number of carboxylic acids is 1. The minimum absolute atomic E-state index is 0.212. The van der Waals surface area contributed by atoms with E-state index in [0.717, 1.165) is 5.56 Å². The van der Waals surface area contributed by atoms with Crippen molar-refractivity contribution in [1.29, 1.82) is 0 Å². The van der Waals surface area contributed by atoms with Gasteiger partial charge in [0.2, 0.25) is 0 Å². The van der Waals surface area contributed by atoms with Gasteiger partial charge in [-0.05, 0) is 47.5 Å². The SMILES string of the molecule is COc1cccc(/C=C/C(=O)/C(CC(=O)O)=C(O)\C=C\c2cccc(OC)c2)c1. The third-order valence-electron chi connectivity index (χ3n) is 3.98. The maximum absolute atomic E-state index is 12.5. The number of rotatable bonds is 9. The first kappa shape index (κ1) is 21.5. The van der Waals surface area contributed by atoms with Gasteiger partial charge in [0.25, 0.3) is 0 Å². The molecule has 0 unspecified atom stereocenters. The molecule has 6 heteroatoms. The van der Waals surface area contributed by atoms with Gasteiger partial charge < -0.3 is 19.7 Å². The third kappa shape index (κ3) is 6.70. The fourth-order valence-corrected chi connectivity index (χ4v) is 2.49. The van der Waals surface area contributed by atoms with E-state index in [1.165, 1.54) is 25.3 Å². The van der Waals surface area contributed by atoms with Crippen LogP contribution in [0.5, 0.6) is 11.5 Å². The zero-order valence-corrected chi connectivity index (χ0v) is 16.2. The molecule has 150 valence electrons. The Morgan fingerprint density at radius 2 is 1.38 bits per heavy atom. The van der Waals surface area contributed by atoms with Gasteiger partial charge in [0.1, 0.15) is 17.3 Å². The Balaban J connectivity index is 2.27. The van der Waals surface area contributed by atoms with E-state index in [1.54, 1.807) is 61.7 Å². The summed E-state index contributed by atoms with van der Waals surface area (Å²) in [5.41, 5.74) is 1.22. The first-order valence-corrected chi connectivity index (χ1v) is 8.75. The van der Waals surface area contributed by atoms with Crippen LogP contribution in [0.15, 0.2) is 72.0 Å². The van der Waals surface area contributed by atoms with Crippen LogP contribution in [0.25, 0.3) is 12.2 Å². The second kappa shape index (κ2) is 10.5. The van der Waals surface area contributed by atoms with E-state index >= 15 is 0 Å². The monoisotopic (exact) mass is 394 g/mol. The molecular weight excluding hydrogens is 372 g/mol. The van der Waals surface area contributed by atoms with E-state index in [4.69, 9.17) is 14.6 Å². The largest absolute Gasteiger partial charge is 0.508 e. The van der Waals surface area contributed by atoms with E-state index in [1.807, 2.05) is 0 Å². The summed E-state index contributed by atoms with van der Waals surface area (Å²) in [5.74, 6) is -0.952. The van der Waals surface area contributed by atoms with Gasteiger partial charge in [-0.1, -0.05) is 36.4 Å². The minimum atomic E-state index is -1.22. The molecule has 2 N–H and O–H groups in total. The first-order valence-electron chi connectivity index (χ1n) is 8.75. The molecule has 0 amide bonds. The van der Waals surface area contributed by atoms with Crippen molar-refractivity contribution in [2.75, 3.05) is 14.2 Å². The van der Waals surface area contributed by atoms with Gasteiger partial charge in [0.05, 0.1) is 26.2 Å². The Morgan fingerprint density at radius 1 is 0.862 bits per heavy atom. The molecule has 0 saturated heterocycles. The van der Waals surface area contributed by atoms with Crippen LogP contribution in [0.2, 0.25) is 0 Å². The molecule has 0 fully saturated rings. The molecule has 0 atom stereocenters. The van der Waals surface area contributed by atoms with Crippen molar-refractivity contribution in [3.63, 3.8) is 0 Å². The maximum Gasteiger partial charge on any atom is 0.308 e. The van der Waals surface area contributed by atoms with Crippen molar-refractivity contribution in [3.05, 3.63) is 83.1 Å². The highest BCUT2D eigenvalue weighted by Crippen LogP contribution is 2.18. The summed E-state index contributed by atoms with van der Waals surface area (Å²) < 4.78 is 10.3. The molecule has 0 aliphatic carbocycles. The van der Waals surface area contributed by atoms with E-state index in [-0.39, 0.29) is 5.57 Å². The average Bonchev–Trinajstić information content (AvgIpc) is 2.74. The predicted octanol–water partition coefficient (Wildman–Crippen LogP) is 4.29. The van der Waals surface area contributed by atoms with Gasteiger partial charge in [-0.15, -0.1) is 0 Å². The summed E-state index contributed by atoms with van der Waals surface area (Å²) in [6.45, 7) is 0. The Bertz CT molecular complexity index is 969. The first-order chi connectivity index (χ1) is 13.9. The Kier molecular flexibility index (Phi) is 7.79. The Hall–Kier alpha value is -3.80. The number of ether oxygens (including phenoxy) is 2. The lowest BCUT2D eigenvalue weighted by molar-refractivity contribution is -0.136. The van der Waals surface area contributed by atoms with Gasteiger partial charge in [-0.2, -0.15) is 0 Å². The van der Waals surface area contributed by atoms with Crippen molar-refractivity contribution in [1.82, 2.24) is 0 Å². The number of allylic oxidation sites excluding steroid dienone is 2. The predicted molar refractivity (Wildman–Crippen MR) is 111 cm³/mol. The number of carbonyl (C=O) groups excluding carboxylic acids is 1. The van der Waals surface area contributed by atoms with E-state index in [0.29, 0.717) is 17.1 Å². The fraction of sp³-hybridized carbons (Fsp3) is 0.130. The van der Waals surface area contributed by atoms with Crippen LogP contribution in [0.1, 0.15) is 17.5 Å². The topological polar surface area (TPSA) is 93.1 Å². The highest BCUT2D eigenvalue weighted by molar-refractivity contribution is 6.09. The van der Waals surface area contributed by atoms with Crippen molar-refractivity contribution in [2.24, 2.45) is 0 Å². The number of benzene rings is 2. The van der Waals surface area contributed by atoms with Gasteiger partial charge >= 0.3 is 5.97 Å². The summed E-state index contributed by atoms with van der Waals surface area (Å²) in [7, 11) is 3.08. The number of ketones is 1. The van der Waals surface area contributed by atoms with E-state index in [2.05, 4.69) is 0 Å². The van der Waals surface area contributed by atoms with Gasteiger partial charge in [0, 0.05) is 0 Å². The van der Waals surface area contributed by atoms with Crippen LogP contribution >= 0.6 is 0 Å². The average molecular weight is 394 g/mol. The molecule has 0 aliphatic rings. The zero-order valence-electron chi connectivity index (χ0n) is 16.2. The molecule has 6 nitrogen and oxygen atoms in total. The Morgan fingerprint density at radius 3 is 1.86 bits per heavy atom. The summed E-state index contributed by atoms with van der Waals surface area (Å²) in [6, 6.07) is 14.1. The van der Waals surface area contributed by atoms with Crippen LogP contribution < -0.4 is 9.47 Å². The minimum Gasteiger partial charge on any atom is -0.508 e. The molecule has 0 heterocycles. The number of aliphatic carboxylic acids is 1. The summed E-state index contributed by atoms with van der Waals surface area (Å²) in [6.07, 6.45) is 5.02. The van der Waals surface area contributed by atoms with Gasteiger partial charge in [-0.25, -0.2) is 0 Å². The summed E-state index contributed by atoms with van der Waals surface area (Å²) in [5, 5.41) is 19.4. The molecule has 0 spiro atoms. The number of carbonyl (C=O) groups is 2. The summed E-state index contributed by atoms with van der Waals surface area (Å²) in [4.78, 5) is 23.7. The van der Waals surface area contributed by atoms with Gasteiger partial charge in [0.15, 0.2) is 5.78 Å². The van der Waals surface area contributed by atoms with Crippen molar-refractivity contribution >= 4 is 23.9 Å². The normalized spacial score (nSPS) is 12.1. The number of carboxylic acid groups (broad SMARTS) is 1. The number of hydrogen-bond acceptors (Lipinski definition) is 5. The maximum atomic E-state index is 12.5. The van der Waals surface area contributed by atoms with Crippen molar-refractivity contribution in [3.8, 4) is 11.5 Å².